The summed E-state index contributed by atoms with van der Waals surface area (Å²) in [6.07, 6.45) is 0.166. The van der Waals surface area contributed by atoms with E-state index in [1.54, 1.807) is 0 Å². The van der Waals surface area contributed by atoms with Crippen molar-refractivity contribution >= 4 is 17.8 Å². The van der Waals surface area contributed by atoms with Crippen LogP contribution in [0.1, 0.15) is 31.9 Å². The number of hydrogen-bond donors (Lipinski definition) is 2. The molecule has 1 amide bonds. The van der Waals surface area contributed by atoms with Crippen molar-refractivity contribution in [3.8, 4) is 17.2 Å². The Labute approximate surface area is 167 Å². The number of carbonyl (C=O) groups is 1. The molecule has 1 atom stereocenters. The van der Waals surface area contributed by atoms with Crippen LogP contribution in [0.15, 0.2) is 41.5 Å². The van der Waals surface area contributed by atoms with Crippen LogP contribution in [0.2, 0.25) is 0 Å². The van der Waals surface area contributed by atoms with E-state index in [1.807, 2.05) is 18.2 Å². The van der Waals surface area contributed by atoms with Gasteiger partial charge in [-0.25, -0.2) is 5.43 Å². The summed E-state index contributed by atoms with van der Waals surface area (Å²) in [4.78, 5) is 22.8. The van der Waals surface area contributed by atoms with Crippen molar-refractivity contribution in [1.29, 1.82) is 0 Å². The predicted octanol–water partition coefficient (Wildman–Crippen LogP) is 2.89. The minimum absolute atomic E-state index is 0.00942. The van der Waals surface area contributed by atoms with Crippen LogP contribution in [0, 0.1) is 10.1 Å². The number of benzene rings is 2. The van der Waals surface area contributed by atoms with Gasteiger partial charge in [0.2, 0.25) is 6.10 Å². The number of amides is 1. The molecule has 0 spiro atoms. The molecule has 29 heavy (non-hydrogen) atoms. The monoisotopic (exact) mass is 399 g/mol. The number of hydrazone groups is 1. The Morgan fingerprint density at radius 2 is 2.03 bits per heavy atom. The molecular weight excluding hydrogens is 378 g/mol. The highest BCUT2D eigenvalue weighted by molar-refractivity contribution is 5.88. The second-order valence-electron chi connectivity index (χ2n) is 7.56. The number of nitro benzene ring substituents is 1. The van der Waals surface area contributed by atoms with Crippen LogP contribution in [0.3, 0.4) is 0 Å². The third-order valence-corrected chi connectivity index (χ3v) is 4.35. The summed E-state index contributed by atoms with van der Waals surface area (Å²) in [7, 11) is 0. The summed E-state index contributed by atoms with van der Waals surface area (Å²) >= 11 is 0. The van der Waals surface area contributed by atoms with E-state index in [4.69, 9.17) is 9.47 Å². The number of carbonyl (C=O) groups excluding carboxylic acids is 1. The number of nitro groups is 1. The summed E-state index contributed by atoms with van der Waals surface area (Å²) < 4.78 is 11.3. The first-order valence-electron chi connectivity index (χ1n) is 8.89. The molecule has 2 N–H and O–H groups in total. The Morgan fingerprint density at radius 1 is 1.28 bits per heavy atom. The SMILES string of the molecule is CC(C)(C)c1ccc2c(c1)OC(C(=O)N/N=C\c1cc(O)ccc1[N+](=O)[O-])CO2. The Kier molecular flexibility index (Phi) is 5.40. The van der Waals surface area contributed by atoms with Crippen LogP contribution >= 0.6 is 0 Å². The average Bonchev–Trinajstić information content (AvgIpc) is 2.66. The molecule has 0 aromatic heterocycles. The lowest BCUT2D eigenvalue weighted by atomic mass is 9.87. The molecule has 0 bridgehead atoms. The van der Waals surface area contributed by atoms with Gasteiger partial charge in [0.1, 0.15) is 12.4 Å². The van der Waals surface area contributed by atoms with Gasteiger partial charge in [-0.15, -0.1) is 0 Å². The number of nitrogens with zero attached hydrogens (tertiary/aromatic N) is 2. The fourth-order valence-electron chi connectivity index (χ4n) is 2.72. The number of hydrogen-bond acceptors (Lipinski definition) is 7. The maximum atomic E-state index is 12.4. The number of phenols is 1. The molecule has 2 aromatic carbocycles. The van der Waals surface area contributed by atoms with Crippen molar-refractivity contribution in [2.45, 2.75) is 32.3 Å². The van der Waals surface area contributed by atoms with Gasteiger partial charge in [-0.1, -0.05) is 26.8 Å². The number of phenolic OH excluding ortho intramolecular Hbond substituents is 1. The van der Waals surface area contributed by atoms with Crippen molar-refractivity contribution in [3.63, 3.8) is 0 Å². The largest absolute Gasteiger partial charge is 0.508 e. The van der Waals surface area contributed by atoms with E-state index in [0.717, 1.165) is 17.8 Å². The molecule has 9 nitrogen and oxygen atoms in total. The molecule has 0 fully saturated rings. The van der Waals surface area contributed by atoms with E-state index in [2.05, 4.69) is 31.3 Å². The second kappa shape index (κ2) is 7.78. The number of rotatable bonds is 4. The molecule has 2 aromatic rings. The van der Waals surface area contributed by atoms with E-state index in [0.29, 0.717) is 11.5 Å². The molecule has 152 valence electrons. The van der Waals surface area contributed by atoms with Gasteiger partial charge in [-0.3, -0.25) is 14.9 Å². The zero-order valence-electron chi connectivity index (χ0n) is 16.2. The van der Waals surface area contributed by atoms with Gasteiger partial charge in [0.05, 0.1) is 16.7 Å². The maximum absolute atomic E-state index is 12.4. The van der Waals surface area contributed by atoms with Crippen molar-refractivity contribution in [3.05, 3.63) is 57.6 Å². The van der Waals surface area contributed by atoms with Gasteiger partial charge in [0.15, 0.2) is 11.5 Å². The third kappa shape index (κ3) is 4.63. The lowest BCUT2D eigenvalue weighted by Gasteiger charge is -2.27. The van der Waals surface area contributed by atoms with E-state index in [1.165, 1.54) is 12.1 Å². The minimum atomic E-state index is -0.922. The molecule has 0 radical (unpaired) electrons. The van der Waals surface area contributed by atoms with Crippen LogP contribution in [-0.2, 0) is 10.2 Å². The number of ether oxygens (including phenoxy) is 2. The Morgan fingerprint density at radius 3 is 2.72 bits per heavy atom. The second-order valence-corrected chi connectivity index (χ2v) is 7.56. The normalized spacial score (nSPS) is 15.9. The summed E-state index contributed by atoms with van der Waals surface area (Å²) in [5.41, 5.74) is 3.03. The topological polar surface area (TPSA) is 123 Å². The summed E-state index contributed by atoms with van der Waals surface area (Å²) in [6, 6.07) is 9.13. The predicted molar refractivity (Wildman–Crippen MR) is 106 cm³/mol. The zero-order chi connectivity index (χ0) is 21.2. The highest BCUT2D eigenvalue weighted by Crippen LogP contribution is 2.36. The Bertz CT molecular complexity index is 981. The van der Waals surface area contributed by atoms with Crippen LogP contribution in [0.5, 0.6) is 17.2 Å². The Hall–Kier alpha value is -3.62. The quantitative estimate of drug-likeness (QED) is 0.463. The lowest BCUT2D eigenvalue weighted by Crippen LogP contribution is -2.42. The van der Waals surface area contributed by atoms with Gasteiger partial charge < -0.3 is 14.6 Å². The number of nitrogens with one attached hydrogen (secondary N) is 1. The summed E-state index contributed by atoms with van der Waals surface area (Å²) in [6.45, 7) is 6.21. The molecule has 3 rings (SSSR count). The van der Waals surface area contributed by atoms with Crippen LogP contribution in [-0.4, -0.2) is 34.9 Å². The zero-order valence-corrected chi connectivity index (χ0v) is 16.2. The third-order valence-electron chi connectivity index (χ3n) is 4.35. The van der Waals surface area contributed by atoms with Crippen molar-refractivity contribution in [2.24, 2.45) is 5.10 Å². The van der Waals surface area contributed by atoms with Crippen LogP contribution in [0.4, 0.5) is 5.69 Å². The maximum Gasteiger partial charge on any atom is 0.284 e. The van der Waals surface area contributed by atoms with Gasteiger partial charge in [0.25, 0.3) is 11.6 Å². The Balaban J connectivity index is 1.69. The van der Waals surface area contributed by atoms with Crippen LogP contribution in [0.25, 0.3) is 0 Å². The van der Waals surface area contributed by atoms with Crippen LogP contribution < -0.4 is 14.9 Å². The molecule has 1 unspecified atom stereocenters. The fraction of sp³-hybridized carbons (Fsp3) is 0.300. The minimum Gasteiger partial charge on any atom is -0.508 e. The molecule has 1 heterocycles. The molecule has 1 aliphatic heterocycles. The molecule has 9 heteroatoms. The molecule has 0 aliphatic carbocycles. The van der Waals surface area contributed by atoms with E-state index in [-0.39, 0.29) is 29.0 Å². The van der Waals surface area contributed by atoms with E-state index in [9.17, 15) is 20.0 Å². The fourth-order valence-corrected chi connectivity index (χ4v) is 2.72. The summed E-state index contributed by atoms with van der Waals surface area (Å²) in [5.74, 6) is 0.312. The number of aromatic hydroxyl groups is 1. The smallest absolute Gasteiger partial charge is 0.284 e. The average molecular weight is 399 g/mol. The molecule has 0 saturated carbocycles. The first-order valence-corrected chi connectivity index (χ1v) is 8.89. The first kappa shape index (κ1) is 20.1. The van der Waals surface area contributed by atoms with E-state index < -0.39 is 16.9 Å². The standard InChI is InChI=1S/C20H21N3O6/c1-20(2,3)13-4-7-16-17(9-13)29-18(11-28-16)19(25)22-21-10-12-8-14(24)5-6-15(12)23(26)27/h4-10,18,24H,11H2,1-3H3,(H,22,25)/b21-10-. The highest BCUT2D eigenvalue weighted by Gasteiger charge is 2.28. The first-order chi connectivity index (χ1) is 13.6. The molecule has 0 saturated heterocycles. The molecular formula is C20H21N3O6. The van der Waals surface area contributed by atoms with Gasteiger partial charge in [-0.05, 0) is 35.2 Å². The van der Waals surface area contributed by atoms with Crippen molar-refractivity contribution < 1.29 is 24.3 Å². The van der Waals surface area contributed by atoms with E-state index >= 15 is 0 Å². The van der Waals surface area contributed by atoms with Crippen molar-refractivity contribution in [1.82, 2.24) is 5.43 Å². The van der Waals surface area contributed by atoms with Gasteiger partial charge in [0, 0.05) is 6.07 Å². The van der Waals surface area contributed by atoms with Crippen molar-refractivity contribution in [2.75, 3.05) is 6.61 Å². The lowest BCUT2D eigenvalue weighted by molar-refractivity contribution is -0.385. The summed E-state index contributed by atoms with van der Waals surface area (Å²) in [5, 5.41) is 24.3. The van der Waals surface area contributed by atoms with Gasteiger partial charge >= 0.3 is 0 Å². The van der Waals surface area contributed by atoms with Gasteiger partial charge in [-0.2, -0.15) is 5.10 Å². The highest BCUT2D eigenvalue weighted by atomic mass is 16.6. The number of fused-ring (bicyclic) bond motifs is 1. The molecule has 1 aliphatic rings.